The van der Waals surface area contributed by atoms with Crippen LogP contribution in [-0.4, -0.2) is 0 Å². The molecule has 0 aliphatic heterocycles. The van der Waals surface area contributed by atoms with Crippen molar-refractivity contribution in [3.8, 4) is 0 Å². The highest BCUT2D eigenvalue weighted by atomic mass is 32.1. The van der Waals surface area contributed by atoms with Gasteiger partial charge in [0.05, 0.1) is 6.57 Å². The fraction of sp³-hybridized carbons (Fsp3) is 0.500. The minimum Gasteiger partial charge on any atom is -0.227 e. The van der Waals surface area contributed by atoms with E-state index in [9.17, 15) is 0 Å². The summed E-state index contributed by atoms with van der Waals surface area (Å²) in [5.74, 6) is 0. The Balaban J connectivity index is 3.19. The molecular formula is C10H13NS. The summed E-state index contributed by atoms with van der Waals surface area (Å²) in [6, 6.07) is 1.97. The highest BCUT2D eigenvalue weighted by Crippen LogP contribution is 2.37. The molecule has 0 atom stereocenters. The fourth-order valence-corrected chi connectivity index (χ4v) is 2.28. The molecule has 64 valence electrons. The van der Waals surface area contributed by atoms with Crippen molar-refractivity contribution in [1.29, 1.82) is 0 Å². The van der Waals surface area contributed by atoms with Crippen LogP contribution in [-0.2, 0) is 5.41 Å². The van der Waals surface area contributed by atoms with Gasteiger partial charge in [-0.1, -0.05) is 20.8 Å². The highest BCUT2D eigenvalue weighted by molar-refractivity contribution is 7.16. The van der Waals surface area contributed by atoms with Crippen LogP contribution in [0.1, 0.15) is 31.2 Å². The topological polar surface area (TPSA) is 4.36 Å². The lowest BCUT2D eigenvalue weighted by Gasteiger charge is -2.17. The summed E-state index contributed by atoms with van der Waals surface area (Å²) in [6.45, 7) is 15.5. The molecular weight excluding hydrogens is 166 g/mol. The van der Waals surface area contributed by atoms with Crippen molar-refractivity contribution in [3.05, 3.63) is 27.9 Å². The van der Waals surface area contributed by atoms with Crippen LogP contribution in [0.2, 0.25) is 0 Å². The van der Waals surface area contributed by atoms with Crippen molar-refractivity contribution in [1.82, 2.24) is 0 Å². The quantitative estimate of drug-likeness (QED) is 0.532. The summed E-state index contributed by atoms with van der Waals surface area (Å²) < 4.78 is 0. The van der Waals surface area contributed by atoms with Crippen molar-refractivity contribution < 1.29 is 0 Å². The van der Waals surface area contributed by atoms with Gasteiger partial charge in [-0.25, -0.2) is 4.85 Å². The van der Waals surface area contributed by atoms with Gasteiger partial charge in [0.1, 0.15) is 0 Å². The first-order valence-corrected chi connectivity index (χ1v) is 4.75. The second kappa shape index (κ2) is 2.91. The highest BCUT2D eigenvalue weighted by Gasteiger charge is 2.18. The van der Waals surface area contributed by atoms with Gasteiger partial charge in [0, 0.05) is 0 Å². The van der Waals surface area contributed by atoms with E-state index < -0.39 is 0 Å². The monoisotopic (exact) mass is 179 g/mol. The predicted molar refractivity (Wildman–Crippen MR) is 54.0 cm³/mol. The van der Waals surface area contributed by atoms with Crippen LogP contribution in [0.25, 0.3) is 4.85 Å². The summed E-state index contributed by atoms with van der Waals surface area (Å²) in [6.07, 6.45) is 0. The molecule has 0 unspecified atom stereocenters. The van der Waals surface area contributed by atoms with Crippen molar-refractivity contribution >= 4 is 16.3 Å². The first-order valence-electron chi connectivity index (χ1n) is 3.93. The van der Waals surface area contributed by atoms with E-state index in [-0.39, 0.29) is 5.41 Å². The third kappa shape index (κ3) is 1.67. The summed E-state index contributed by atoms with van der Waals surface area (Å²) >= 11 is 1.61. The van der Waals surface area contributed by atoms with Crippen LogP contribution in [0.5, 0.6) is 0 Å². The molecule has 1 heterocycles. The Kier molecular flexibility index (Phi) is 2.25. The van der Waals surface area contributed by atoms with Gasteiger partial charge in [0.2, 0.25) is 5.00 Å². The predicted octanol–water partition coefficient (Wildman–Crippen LogP) is 3.90. The van der Waals surface area contributed by atoms with Crippen LogP contribution < -0.4 is 0 Å². The van der Waals surface area contributed by atoms with Crippen LogP contribution in [0.3, 0.4) is 0 Å². The van der Waals surface area contributed by atoms with Gasteiger partial charge in [0.15, 0.2) is 0 Å². The summed E-state index contributed by atoms with van der Waals surface area (Å²) in [5, 5.41) is 0.803. The van der Waals surface area contributed by atoms with E-state index in [1.54, 1.807) is 11.3 Å². The van der Waals surface area contributed by atoms with Gasteiger partial charge in [-0.15, -0.1) is 0 Å². The average molecular weight is 179 g/mol. The van der Waals surface area contributed by atoms with Gasteiger partial charge in [-0.2, -0.15) is 11.3 Å². The number of hydrogen-bond acceptors (Lipinski definition) is 1. The smallest absolute Gasteiger partial charge is 0.227 e. The van der Waals surface area contributed by atoms with Crippen LogP contribution in [0.15, 0.2) is 6.07 Å². The Morgan fingerprint density at radius 3 is 2.25 bits per heavy atom. The molecule has 0 spiro atoms. The molecule has 2 heteroatoms. The molecule has 0 saturated carbocycles. The molecule has 1 rings (SSSR count). The number of nitrogens with zero attached hydrogens (tertiary/aromatic N) is 1. The lowest BCUT2D eigenvalue weighted by atomic mass is 9.92. The number of hydrogen-bond donors (Lipinski definition) is 0. The molecule has 1 aromatic heterocycles. The average Bonchev–Trinajstić information content (AvgIpc) is 2.29. The minimum atomic E-state index is 0.178. The zero-order chi connectivity index (χ0) is 9.35. The van der Waals surface area contributed by atoms with Crippen LogP contribution in [0, 0.1) is 13.5 Å². The molecule has 0 saturated heterocycles. The Morgan fingerprint density at radius 1 is 1.42 bits per heavy atom. The van der Waals surface area contributed by atoms with E-state index in [0.29, 0.717) is 0 Å². The molecule has 0 bridgehead atoms. The molecule has 0 fully saturated rings. The molecule has 0 amide bonds. The first-order chi connectivity index (χ1) is 5.45. The van der Waals surface area contributed by atoms with Crippen molar-refractivity contribution in [2.24, 2.45) is 0 Å². The number of aryl methyl sites for hydroxylation is 1. The molecule has 0 aliphatic carbocycles. The zero-order valence-electron chi connectivity index (χ0n) is 7.93. The third-order valence-corrected chi connectivity index (χ3v) is 3.25. The lowest BCUT2D eigenvalue weighted by Crippen LogP contribution is -2.09. The fourth-order valence-electron chi connectivity index (χ4n) is 1.26. The molecule has 1 aromatic rings. The summed E-state index contributed by atoms with van der Waals surface area (Å²) in [5.41, 5.74) is 1.43. The van der Waals surface area contributed by atoms with Gasteiger partial charge >= 0.3 is 0 Å². The lowest BCUT2D eigenvalue weighted by molar-refractivity contribution is 0.600. The Hall–Kier alpha value is -0.810. The van der Waals surface area contributed by atoms with Crippen LogP contribution >= 0.6 is 11.3 Å². The first kappa shape index (κ1) is 9.28. The molecule has 0 aromatic carbocycles. The third-order valence-electron chi connectivity index (χ3n) is 1.70. The van der Waals surface area contributed by atoms with Crippen molar-refractivity contribution in [2.75, 3.05) is 0 Å². The molecule has 0 N–H and O–H groups in total. The summed E-state index contributed by atoms with van der Waals surface area (Å²) in [7, 11) is 0. The van der Waals surface area contributed by atoms with E-state index in [0.717, 1.165) is 5.00 Å². The molecule has 12 heavy (non-hydrogen) atoms. The van der Waals surface area contributed by atoms with E-state index in [1.165, 1.54) is 10.4 Å². The molecule has 0 aliphatic rings. The van der Waals surface area contributed by atoms with Crippen LogP contribution in [0.4, 0.5) is 5.00 Å². The van der Waals surface area contributed by atoms with E-state index in [4.69, 9.17) is 6.57 Å². The maximum atomic E-state index is 6.89. The zero-order valence-corrected chi connectivity index (χ0v) is 8.75. The normalized spacial score (nSPS) is 11.2. The van der Waals surface area contributed by atoms with Gasteiger partial charge < -0.3 is 0 Å². The number of rotatable bonds is 0. The number of thiophene rings is 1. The van der Waals surface area contributed by atoms with Crippen molar-refractivity contribution in [3.63, 3.8) is 0 Å². The Morgan fingerprint density at radius 2 is 2.00 bits per heavy atom. The Labute approximate surface area is 77.9 Å². The maximum Gasteiger partial charge on any atom is 0.241 e. The Bertz CT molecular complexity index is 323. The SMILES string of the molecule is [C-]#[N+]c1cc(C)c(C(C)(C)C)s1. The van der Waals surface area contributed by atoms with E-state index in [1.807, 2.05) is 6.07 Å². The second-order valence-corrected chi connectivity index (χ2v) is 4.99. The van der Waals surface area contributed by atoms with Gasteiger partial charge in [0.25, 0.3) is 0 Å². The molecule has 1 nitrogen and oxygen atoms in total. The molecule has 0 radical (unpaired) electrons. The van der Waals surface area contributed by atoms with Gasteiger partial charge in [-0.3, -0.25) is 0 Å². The maximum absolute atomic E-state index is 6.89. The summed E-state index contributed by atoms with van der Waals surface area (Å²) in [4.78, 5) is 4.76. The second-order valence-electron chi connectivity index (χ2n) is 3.96. The largest absolute Gasteiger partial charge is 0.241 e. The van der Waals surface area contributed by atoms with E-state index >= 15 is 0 Å². The van der Waals surface area contributed by atoms with E-state index in [2.05, 4.69) is 32.5 Å². The minimum absolute atomic E-state index is 0.178. The van der Waals surface area contributed by atoms with Crippen molar-refractivity contribution in [2.45, 2.75) is 33.1 Å². The van der Waals surface area contributed by atoms with Gasteiger partial charge in [-0.05, 0) is 28.8 Å². The standard InChI is InChI=1S/C10H13NS/c1-7-6-8(11-5)12-9(7)10(2,3)4/h6H,1-4H3.